The van der Waals surface area contributed by atoms with E-state index in [4.69, 9.17) is 30.6 Å². The van der Waals surface area contributed by atoms with Crippen LogP contribution >= 0.6 is 11.6 Å². The molecular formula is C29H32ClF2N3O8S. The van der Waals surface area contributed by atoms with Gasteiger partial charge in [-0.1, -0.05) is 11.6 Å². The number of hydrogen-bond donors (Lipinski definition) is 3. The monoisotopic (exact) mass is 655 g/mol. The lowest BCUT2D eigenvalue weighted by Crippen LogP contribution is -2.42. The molecule has 238 valence electrons. The van der Waals surface area contributed by atoms with Crippen molar-refractivity contribution in [1.82, 2.24) is 5.32 Å². The Hall–Kier alpha value is -3.85. The minimum absolute atomic E-state index is 0.0216. The summed E-state index contributed by atoms with van der Waals surface area (Å²) in [5, 5.41) is 10.9. The Balaban J connectivity index is 1.44. The van der Waals surface area contributed by atoms with E-state index in [0.717, 1.165) is 18.2 Å². The summed E-state index contributed by atoms with van der Waals surface area (Å²) in [5.41, 5.74) is -0.0231. The van der Waals surface area contributed by atoms with Crippen molar-refractivity contribution in [1.29, 1.82) is 0 Å². The molecular weight excluding hydrogens is 624 g/mol. The zero-order valence-corrected chi connectivity index (χ0v) is 25.5. The number of halogens is 3. The van der Waals surface area contributed by atoms with E-state index >= 15 is 0 Å². The fraction of sp³-hybridized carbons (Fsp3) is 0.345. The first kappa shape index (κ1) is 34.6. The Labute approximate surface area is 258 Å². The number of nitrogens with two attached hydrogens (primary N) is 1. The zero-order valence-electron chi connectivity index (χ0n) is 23.9. The van der Waals surface area contributed by atoms with Gasteiger partial charge in [0.1, 0.15) is 28.9 Å². The number of nitrogens with one attached hydrogen (secondary N) is 2. The first-order valence-corrected chi connectivity index (χ1v) is 15.4. The molecule has 0 saturated heterocycles. The Bertz CT molecular complexity index is 1570. The Morgan fingerprint density at radius 1 is 1.05 bits per heavy atom. The zero-order chi connectivity index (χ0) is 32.4. The van der Waals surface area contributed by atoms with Crippen molar-refractivity contribution in [2.24, 2.45) is 5.14 Å². The quantitative estimate of drug-likeness (QED) is 0.113. The van der Waals surface area contributed by atoms with Crippen LogP contribution in [0.5, 0.6) is 0 Å². The summed E-state index contributed by atoms with van der Waals surface area (Å²) >= 11 is 6.08. The summed E-state index contributed by atoms with van der Waals surface area (Å²) in [6.45, 7) is 3.26. The van der Waals surface area contributed by atoms with E-state index in [1.165, 1.54) is 19.3 Å². The number of sulfonamides is 1. The number of benzene rings is 2. The molecule has 0 aliphatic heterocycles. The molecule has 11 nitrogen and oxygen atoms in total. The maximum Gasteiger partial charge on any atom is 0.340 e. The second-order valence-corrected chi connectivity index (χ2v) is 11.8. The van der Waals surface area contributed by atoms with Gasteiger partial charge in [0.05, 0.1) is 41.7 Å². The van der Waals surface area contributed by atoms with Crippen LogP contribution in [0.3, 0.4) is 0 Å². The van der Waals surface area contributed by atoms with Gasteiger partial charge in [0.25, 0.3) is 0 Å². The van der Waals surface area contributed by atoms with Gasteiger partial charge in [-0.2, -0.15) is 0 Å². The molecule has 3 rings (SSSR count). The van der Waals surface area contributed by atoms with Crippen LogP contribution in [0, 0.1) is 11.6 Å². The minimum Gasteiger partial charge on any atom is -0.467 e. The molecule has 0 spiro atoms. The molecule has 0 amide bonds. The topological polar surface area (TPSA) is 167 Å². The number of unbranched alkanes of at least 4 members (excludes halogenated alkanes) is 1. The molecule has 1 aromatic heterocycles. The highest BCUT2D eigenvalue weighted by molar-refractivity contribution is 7.89. The summed E-state index contributed by atoms with van der Waals surface area (Å²) in [6.07, 6.45) is 2.12. The van der Waals surface area contributed by atoms with Crippen LogP contribution in [0.15, 0.2) is 58.0 Å². The van der Waals surface area contributed by atoms with Crippen molar-refractivity contribution in [3.63, 3.8) is 0 Å². The highest BCUT2D eigenvalue weighted by atomic mass is 35.5. The van der Waals surface area contributed by atoms with Crippen molar-refractivity contribution < 1.29 is 45.5 Å². The van der Waals surface area contributed by atoms with Gasteiger partial charge >= 0.3 is 11.9 Å². The summed E-state index contributed by atoms with van der Waals surface area (Å²) < 4.78 is 66.4. The van der Waals surface area contributed by atoms with E-state index in [-0.39, 0.29) is 48.0 Å². The fourth-order valence-corrected chi connectivity index (χ4v) is 5.18. The van der Waals surface area contributed by atoms with Crippen LogP contribution < -0.4 is 15.8 Å². The van der Waals surface area contributed by atoms with E-state index in [0.29, 0.717) is 24.7 Å². The van der Waals surface area contributed by atoms with E-state index in [9.17, 15) is 31.6 Å². The van der Waals surface area contributed by atoms with Crippen molar-refractivity contribution >= 4 is 45.0 Å². The van der Waals surface area contributed by atoms with Crippen molar-refractivity contribution in [2.75, 3.05) is 18.5 Å². The second-order valence-electron chi connectivity index (χ2n) is 9.89. The maximum atomic E-state index is 13.4. The number of ketones is 1. The number of primary sulfonamides is 1. The molecule has 0 bridgehead atoms. The third kappa shape index (κ3) is 10.4. The fourth-order valence-electron chi connectivity index (χ4n) is 4.08. The van der Waals surface area contributed by atoms with E-state index < -0.39 is 56.4 Å². The predicted octanol–water partition coefficient (Wildman–Crippen LogP) is 4.59. The van der Waals surface area contributed by atoms with E-state index in [1.54, 1.807) is 19.1 Å². The van der Waals surface area contributed by atoms with E-state index in [2.05, 4.69) is 10.6 Å². The van der Waals surface area contributed by atoms with Crippen LogP contribution in [0.2, 0.25) is 5.02 Å². The number of Topliss-reactive ketones (excluding diaryl/α,β-unsaturated/α-hetero) is 1. The molecule has 2 aromatic carbocycles. The molecule has 0 unspecified atom stereocenters. The van der Waals surface area contributed by atoms with E-state index in [1.807, 2.05) is 0 Å². The van der Waals surface area contributed by atoms with Gasteiger partial charge in [-0.05, 0) is 63.1 Å². The summed E-state index contributed by atoms with van der Waals surface area (Å²) in [7, 11) is -4.23. The average Bonchev–Trinajstić information content (AvgIpc) is 3.47. The Morgan fingerprint density at radius 3 is 2.39 bits per heavy atom. The van der Waals surface area contributed by atoms with Gasteiger partial charge in [-0.15, -0.1) is 0 Å². The highest BCUT2D eigenvalue weighted by Gasteiger charge is 2.22. The molecule has 4 N–H and O–H groups in total. The van der Waals surface area contributed by atoms with Gasteiger partial charge < -0.3 is 24.5 Å². The van der Waals surface area contributed by atoms with Gasteiger partial charge in [-0.3, -0.25) is 9.59 Å². The molecule has 3 aromatic rings. The lowest BCUT2D eigenvalue weighted by Gasteiger charge is -2.19. The molecule has 0 aliphatic carbocycles. The molecule has 2 atom stereocenters. The van der Waals surface area contributed by atoms with Crippen molar-refractivity contribution in [3.05, 3.63) is 82.3 Å². The third-order valence-electron chi connectivity index (χ3n) is 6.21. The number of anilines is 1. The number of esters is 2. The van der Waals surface area contributed by atoms with Crippen LogP contribution in [-0.2, 0) is 30.8 Å². The minimum atomic E-state index is -4.23. The molecule has 1 heterocycles. The molecule has 0 radical (unpaired) electrons. The number of carbonyl (C=O) groups is 3. The highest BCUT2D eigenvalue weighted by Crippen LogP contribution is 2.29. The molecule has 0 fully saturated rings. The van der Waals surface area contributed by atoms with Crippen LogP contribution in [0.4, 0.5) is 14.5 Å². The normalized spacial score (nSPS) is 12.8. The lowest BCUT2D eigenvalue weighted by atomic mass is 10.0. The first-order valence-electron chi connectivity index (χ1n) is 13.5. The average molecular weight is 656 g/mol. The number of furan rings is 1. The van der Waals surface area contributed by atoms with Gasteiger partial charge in [0.15, 0.2) is 5.78 Å². The molecule has 0 aliphatic rings. The van der Waals surface area contributed by atoms with Crippen LogP contribution in [0.25, 0.3) is 0 Å². The first-order chi connectivity index (χ1) is 20.7. The lowest BCUT2D eigenvalue weighted by molar-refractivity contribution is -0.144. The maximum absolute atomic E-state index is 13.4. The standard InChI is InChI=1S/C29H32ClF2N3O8S/c1-17(35-18(2)28(37)19-10-20(31)12-21(32)11-19)16-43-27(36)7-3-4-8-42-29(38)23-13-26(44(33,39)40)24(30)14-25(23)34-15-22-6-5-9-41-22/h5-6,9-14,17-18,34-35H,3-4,7-8,15-16H2,1-2H3,(H2,33,39,40)/t17-,18-/m1/s1. The number of hydrogen-bond acceptors (Lipinski definition) is 10. The number of rotatable bonds is 16. The molecule has 44 heavy (non-hydrogen) atoms. The van der Waals surface area contributed by atoms with Crippen molar-refractivity contribution in [3.8, 4) is 0 Å². The summed E-state index contributed by atoms with van der Waals surface area (Å²) in [6, 6.07) is 7.01. The van der Waals surface area contributed by atoms with Crippen molar-refractivity contribution in [2.45, 2.75) is 56.6 Å². The largest absolute Gasteiger partial charge is 0.467 e. The number of carbonyl (C=O) groups excluding carboxylic acids is 3. The van der Waals surface area contributed by atoms with Crippen LogP contribution in [0.1, 0.15) is 59.6 Å². The van der Waals surface area contributed by atoms with Gasteiger partial charge in [0, 0.05) is 24.1 Å². The number of ether oxygens (including phenoxy) is 2. The summed E-state index contributed by atoms with van der Waals surface area (Å²) in [5.74, 6) is -3.04. The smallest absolute Gasteiger partial charge is 0.340 e. The molecule has 0 saturated carbocycles. The van der Waals surface area contributed by atoms with Gasteiger partial charge in [-0.25, -0.2) is 27.1 Å². The Kier molecular flexibility index (Phi) is 12.4. The third-order valence-corrected chi connectivity index (χ3v) is 7.58. The SMILES string of the molecule is C[C@H](COC(=O)CCCCOC(=O)c1cc(S(N)(=O)=O)c(Cl)cc1NCc1ccco1)N[C@H](C)C(=O)c1cc(F)cc(F)c1. The summed E-state index contributed by atoms with van der Waals surface area (Å²) in [4.78, 5) is 37.0. The molecule has 15 heteroatoms. The van der Waals surface area contributed by atoms with Gasteiger partial charge in [0.2, 0.25) is 10.0 Å². The predicted molar refractivity (Wildman–Crippen MR) is 157 cm³/mol. The second kappa shape index (κ2) is 15.7. The Morgan fingerprint density at radius 2 is 1.75 bits per heavy atom. The van der Waals surface area contributed by atoms with Crippen LogP contribution in [-0.4, -0.2) is 51.4 Å².